The van der Waals surface area contributed by atoms with Gasteiger partial charge in [-0.25, -0.2) is 13.8 Å². The molecule has 0 bridgehead atoms. The van der Waals surface area contributed by atoms with Crippen LogP contribution in [-0.4, -0.2) is 41.0 Å². The molecule has 2 aromatic rings. The maximum atomic E-state index is 13.8. The Kier molecular flexibility index (Phi) is 5.20. The minimum atomic E-state index is -0.701. The van der Waals surface area contributed by atoms with Gasteiger partial charge in [0.15, 0.2) is 11.7 Å². The number of nitrogens with zero attached hydrogens (tertiary/aromatic N) is 2. The smallest absolute Gasteiger partial charge is 0.220 e. The fourth-order valence-corrected chi connectivity index (χ4v) is 3.64. The van der Waals surface area contributed by atoms with Crippen LogP contribution in [0, 0.1) is 11.6 Å². The number of halogens is 2. The van der Waals surface area contributed by atoms with Gasteiger partial charge in [-0.1, -0.05) is 6.07 Å². The van der Waals surface area contributed by atoms with Gasteiger partial charge in [-0.2, -0.15) is 0 Å². The molecule has 7 heteroatoms. The van der Waals surface area contributed by atoms with Crippen LogP contribution in [-0.2, 0) is 11.2 Å². The molecule has 1 aliphatic carbocycles. The van der Waals surface area contributed by atoms with Crippen LogP contribution < -0.4 is 5.32 Å². The number of piperidine rings is 1. The van der Waals surface area contributed by atoms with E-state index in [4.69, 9.17) is 4.42 Å². The summed E-state index contributed by atoms with van der Waals surface area (Å²) in [5, 5.41) is 3.07. The first-order valence-electron chi connectivity index (χ1n) is 9.52. The number of likely N-dealkylation sites (tertiary alicyclic amines) is 1. The summed E-state index contributed by atoms with van der Waals surface area (Å²) >= 11 is 0. The number of hydrogen-bond donors (Lipinski definition) is 1. The number of rotatable bonds is 6. The second kappa shape index (κ2) is 7.76. The Bertz CT molecular complexity index is 791. The van der Waals surface area contributed by atoms with Crippen LogP contribution >= 0.6 is 0 Å². The number of oxazole rings is 1. The van der Waals surface area contributed by atoms with Crippen molar-refractivity contribution in [1.82, 2.24) is 15.2 Å². The van der Waals surface area contributed by atoms with Crippen molar-refractivity contribution in [3.05, 3.63) is 41.9 Å². The Morgan fingerprint density at radius 1 is 1.19 bits per heavy atom. The molecular formula is C20H23F2N3O2. The molecule has 1 N–H and O–H groups in total. The number of carbonyl (C=O) groups is 1. The number of benzene rings is 1. The molecule has 5 nitrogen and oxygen atoms in total. The van der Waals surface area contributed by atoms with E-state index in [1.54, 1.807) is 0 Å². The van der Waals surface area contributed by atoms with Crippen LogP contribution in [0.25, 0.3) is 11.3 Å². The quantitative estimate of drug-likeness (QED) is 0.842. The van der Waals surface area contributed by atoms with Gasteiger partial charge in [-0.05, 0) is 37.8 Å². The number of nitrogens with one attached hydrogen (secondary N) is 1. The molecule has 27 heavy (non-hydrogen) atoms. The molecule has 4 rings (SSSR count). The van der Waals surface area contributed by atoms with Crippen molar-refractivity contribution < 1.29 is 18.0 Å². The number of carbonyl (C=O) groups excluding carboxylic acids is 1. The van der Waals surface area contributed by atoms with E-state index in [1.807, 2.05) is 0 Å². The molecular weight excluding hydrogens is 352 g/mol. The fourth-order valence-electron chi connectivity index (χ4n) is 3.64. The molecule has 0 unspecified atom stereocenters. The van der Waals surface area contributed by atoms with Crippen LogP contribution in [0.4, 0.5) is 8.78 Å². The zero-order chi connectivity index (χ0) is 18.8. The third-order valence-electron chi connectivity index (χ3n) is 5.29. The van der Waals surface area contributed by atoms with E-state index in [-0.39, 0.29) is 29.7 Å². The maximum absolute atomic E-state index is 13.8. The normalized spacial score (nSPS) is 18.6. The Labute approximate surface area is 156 Å². The summed E-state index contributed by atoms with van der Waals surface area (Å²) in [7, 11) is 0. The first-order valence-corrected chi connectivity index (χ1v) is 9.52. The van der Waals surface area contributed by atoms with Crippen LogP contribution in [0.15, 0.2) is 28.8 Å². The minimum absolute atomic E-state index is 0.0356. The Morgan fingerprint density at radius 2 is 1.89 bits per heavy atom. The van der Waals surface area contributed by atoms with E-state index in [2.05, 4.69) is 15.2 Å². The topological polar surface area (TPSA) is 58.4 Å². The van der Waals surface area contributed by atoms with Gasteiger partial charge < -0.3 is 14.6 Å². The second-order valence-electron chi connectivity index (χ2n) is 7.32. The molecule has 1 aliphatic heterocycles. The van der Waals surface area contributed by atoms with Crippen molar-refractivity contribution in [2.45, 2.75) is 50.6 Å². The number of amides is 1. The highest BCUT2D eigenvalue weighted by atomic mass is 19.1. The molecule has 1 amide bonds. The average molecular weight is 375 g/mol. The average Bonchev–Trinajstić information content (AvgIpc) is 3.40. The van der Waals surface area contributed by atoms with Crippen LogP contribution in [0.5, 0.6) is 0 Å². The third kappa shape index (κ3) is 4.35. The lowest BCUT2D eigenvalue weighted by molar-refractivity contribution is -0.122. The standard InChI is InChI=1S/C20H23F2N3O2/c21-15-2-1-3-16(22)20(15)17-12-23-19(27-17)7-6-18(26)24-13-8-10-25(11-9-13)14-4-5-14/h1-3,12-14H,4-11H2,(H,24,26). The van der Waals surface area contributed by atoms with Crippen molar-refractivity contribution in [1.29, 1.82) is 0 Å². The Balaban J connectivity index is 1.27. The zero-order valence-corrected chi connectivity index (χ0v) is 15.1. The Morgan fingerprint density at radius 3 is 2.56 bits per heavy atom. The molecule has 0 spiro atoms. The lowest BCUT2D eigenvalue weighted by atomic mass is 10.0. The molecule has 1 aromatic heterocycles. The van der Waals surface area contributed by atoms with Crippen LogP contribution in [0.1, 0.15) is 38.0 Å². The van der Waals surface area contributed by atoms with Gasteiger partial charge in [-0.15, -0.1) is 0 Å². The van der Waals surface area contributed by atoms with Crippen LogP contribution in [0.2, 0.25) is 0 Å². The molecule has 2 heterocycles. The fraction of sp³-hybridized carbons (Fsp3) is 0.500. The summed E-state index contributed by atoms with van der Waals surface area (Å²) < 4.78 is 33.1. The SMILES string of the molecule is O=C(CCc1ncc(-c2c(F)cccc2F)o1)NC1CCN(C2CC2)CC1. The maximum Gasteiger partial charge on any atom is 0.220 e. The summed E-state index contributed by atoms with van der Waals surface area (Å²) in [6, 6.07) is 4.64. The summed E-state index contributed by atoms with van der Waals surface area (Å²) in [6.07, 6.45) is 6.42. The lowest BCUT2D eigenvalue weighted by Gasteiger charge is -2.32. The van der Waals surface area contributed by atoms with Gasteiger partial charge >= 0.3 is 0 Å². The largest absolute Gasteiger partial charge is 0.441 e. The predicted octanol–water partition coefficient (Wildman–Crippen LogP) is 3.30. The molecule has 1 saturated carbocycles. The van der Waals surface area contributed by atoms with Gasteiger partial charge in [0.25, 0.3) is 0 Å². The number of aromatic nitrogens is 1. The van der Waals surface area contributed by atoms with Gasteiger partial charge in [0.1, 0.15) is 11.6 Å². The van der Waals surface area contributed by atoms with Crippen LogP contribution in [0.3, 0.4) is 0 Å². The summed E-state index contributed by atoms with van der Waals surface area (Å²) in [6.45, 7) is 2.10. The highest BCUT2D eigenvalue weighted by Gasteiger charge is 2.32. The highest BCUT2D eigenvalue weighted by Crippen LogP contribution is 2.29. The summed E-state index contributed by atoms with van der Waals surface area (Å²) in [4.78, 5) is 18.7. The van der Waals surface area contributed by atoms with E-state index in [9.17, 15) is 13.6 Å². The molecule has 1 saturated heterocycles. The molecule has 2 fully saturated rings. The summed E-state index contributed by atoms with van der Waals surface area (Å²) in [5.74, 6) is -1.11. The predicted molar refractivity (Wildman–Crippen MR) is 95.9 cm³/mol. The van der Waals surface area contributed by atoms with Gasteiger partial charge in [0.05, 0.1) is 11.8 Å². The van der Waals surface area contributed by atoms with Crippen molar-refractivity contribution in [2.75, 3.05) is 13.1 Å². The molecule has 144 valence electrons. The van der Waals surface area contributed by atoms with E-state index in [1.165, 1.54) is 37.2 Å². The highest BCUT2D eigenvalue weighted by molar-refractivity contribution is 5.76. The van der Waals surface area contributed by atoms with Gasteiger partial charge in [-0.3, -0.25) is 4.79 Å². The third-order valence-corrected chi connectivity index (χ3v) is 5.29. The van der Waals surface area contributed by atoms with E-state index in [0.29, 0.717) is 12.3 Å². The molecule has 2 aliphatic rings. The number of hydrogen-bond acceptors (Lipinski definition) is 4. The van der Waals surface area contributed by atoms with E-state index < -0.39 is 11.6 Å². The first-order chi connectivity index (χ1) is 13.1. The van der Waals surface area contributed by atoms with E-state index >= 15 is 0 Å². The minimum Gasteiger partial charge on any atom is -0.441 e. The monoisotopic (exact) mass is 375 g/mol. The first kappa shape index (κ1) is 18.1. The molecule has 0 atom stereocenters. The Hall–Kier alpha value is -2.28. The number of aryl methyl sites for hydroxylation is 1. The van der Waals surface area contributed by atoms with Crippen molar-refractivity contribution in [2.24, 2.45) is 0 Å². The molecule has 0 radical (unpaired) electrons. The molecule has 1 aromatic carbocycles. The van der Waals surface area contributed by atoms with Crippen molar-refractivity contribution in [3.8, 4) is 11.3 Å². The summed E-state index contributed by atoms with van der Waals surface area (Å²) in [5.41, 5.74) is -0.233. The van der Waals surface area contributed by atoms with Gasteiger partial charge in [0, 0.05) is 38.0 Å². The van der Waals surface area contributed by atoms with E-state index in [0.717, 1.165) is 32.0 Å². The second-order valence-corrected chi connectivity index (χ2v) is 7.32. The van der Waals surface area contributed by atoms with Crippen molar-refractivity contribution in [3.63, 3.8) is 0 Å². The zero-order valence-electron chi connectivity index (χ0n) is 15.1. The van der Waals surface area contributed by atoms with Crippen molar-refractivity contribution >= 4 is 5.91 Å². The lowest BCUT2D eigenvalue weighted by Crippen LogP contribution is -2.45. The van der Waals surface area contributed by atoms with Gasteiger partial charge in [0.2, 0.25) is 5.91 Å².